The Balaban J connectivity index is 0.000000328. The van der Waals surface area contributed by atoms with Gasteiger partial charge in [0, 0.05) is 90.4 Å². The van der Waals surface area contributed by atoms with E-state index in [0.29, 0.717) is 0 Å². The number of fused-ring (bicyclic) bond motifs is 13. The van der Waals surface area contributed by atoms with Crippen molar-refractivity contribution < 1.29 is 0 Å². The molecule has 0 unspecified atom stereocenters. The standard InChI is InChI=1S/C60H36N2S2.C10H9N.C4H8/c1-5-25-53-45(17-1)46-18-2-6-26-54(46)61(53)41-29-31-57-51(35-41)49-23-11-21-43(59(49)63-57)39-15-9-13-37(33-39)38-14-10-16-40(34-38)44-22-12-24-50-52-36-42(30-32-58(52)64-60(44)50)62-55-27-7-3-19-47(55)48-20-4-8-28-56(48)62;1-2-8-7-11-10-6-4-3-5-9(8)10;1-3-4-2/h1-36H;2-7,11H,1H2;3-4H,1-2H3/b;;4-3-. The van der Waals surface area contributed by atoms with Crippen molar-refractivity contribution in [3.8, 4) is 44.8 Å². The van der Waals surface area contributed by atoms with E-state index in [1.165, 1.54) is 145 Å². The summed E-state index contributed by atoms with van der Waals surface area (Å²) in [5.41, 5.74) is 17.1. The minimum Gasteiger partial charge on any atom is -0.361 e. The van der Waals surface area contributed by atoms with Gasteiger partial charge in [-0.2, -0.15) is 0 Å². The Labute approximate surface area is 466 Å². The normalized spacial score (nSPS) is 11.7. The van der Waals surface area contributed by atoms with Crippen molar-refractivity contribution in [1.29, 1.82) is 0 Å². The zero-order valence-electron chi connectivity index (χ0n) is 43.8. The van der Waals surface area contributed by atoms with Gasteiger partial charge in [0.1, 0.15) is 0 Å². The molecule has 11 aromatic carbocycles. The molecule has 16 rings (SSSR count). The summed E-state index contributed by atoms with van der Waals surface area (Å²) in [6.45, 7) is 7.73. The lowest BCUT2D eigenvalue weighted by Gasteiger charge is -2.10. The Bertz CT molecular complexity index is 4650. The number of H-pyrrole nitrogens is 1. The largest absolute Gasteiger partial charge is 0.361 e. The summed E-state index contributed by atoms with van der Waals surface area (Å²) < 4.78 is 10.1. The monoisotopic (exact) mass is 1050 g/mol. The van der Waals surface area contributed by atoms with E-state index >= 15 is 0 Å². The van der Waals surface area contributed by atoms with E-state index in [0.717, 1.165) is 0 Å². The maximum Gasteiger partial charge on any atom is 0.0541 e. The van der Waals surface area contributed by atoms with Crippen LogP contribution in [-0.4, -0.2) is 14.1 Å². The molecular weight excluding hydrogens is 995 g/mol. The lowest BCUT2D eigenvalue weighted by molar-refractivity contribution is 1.19. The van der Waals surface area contributed by atoms with Crippen molar-refractivity contribution in [2.45, 2.75) is 13.8 Å². The molecule has 0 aliphatic carbocycles. The fourth-order valence-electron chi connectivity index (χ4n) is 11.7. The Morgan fingerprint density at radius 1 is 0.354 bits per heavy atom. The first-order chi connectivity index (χ1) is 39.1. The van der Waals surface area contributed by atoms with Gasteiger partial charge in [0.05, 0.1) is 22.1 Å². The second-order valence-electron chi connectivity index (χ2n) is 20.0. The molecule has 376 valence electrons. The average Bonchev–Trinajstić information content (AvgIpc) is 4.36. The van der Waals surface area contributed by atoms with Crippen molar-refractivity contribution in [2.75, 3.05) is 0 Å². The summed E-state index contributed by atoms with van der Waals surface area (Å²) in [4.78, 5) is 3.17. The zero-order chi connectivity index (χ0) is 53.0. The molecule has 0 amide bonds. The summed E-state index contributed by atoms with van der Waals surface area (Å²) in [6.07, 6.45) is 7.83. The number of nitrogens with zero attached hydrogens (tertiary/aromatic N) is 2. The quantitative estimate of drug-likeness (QED) is 0.161. The van der Waals surface area contributed by atoms with Gasteiger partial charge in [-0.3, -0.25) is 0 Å². The van der Waals surface area contributed by atoms with Gasteiger partial charge in [0.25, 0.3) is 0 Å². The Hall–Kier alpha value is -9.52. The predicted octanol–water partition coefficient (Wildman–Crippen LogP) is 22.0. The molecule has 79 heavy (non-hydrogen) atoms. The van der Waals surface area contributed by atoms with Gasteiger partial charge >= 0.3 is 0 Å². The van der Waals surface area contributed by atoms with Gasteiger partial charge in [0.2, 0.25) is 0 Å². The Morgan fingerprint density at radius 2 is 0.734 bits per heavy atom. The number of hydrogen-bond acceptors (Lipinski definition) is 2. The number of thiophene rings is 2. The van der Waals surface area contributed by atoms with Crippen LogP contribution in [0.3, 0.4) is 0 Å². The highest BCUT2D eigenvalue weighted by Crippen LogP contribution is 2.45. The van der Waals surface area contributed by atoms with Crippen LogP contribution < -0.4 is 0 Å². The molecule has 0 spiro atoms. The van der Waals surface area contributed by atoms with Crippen LogP contribution in [0.1, 0.15) is 19.4 Å². The number of aromatic amines is 1. The molecule has 5 heterocycles. The van der Waals surface area contributed by atoms with Crippen molar-refractivity contribution >= 4 is 124 Å². The molecule has 5 aromatic heterocycles. The molecule has 1 N–H and O–H groups in total. The highest BCUT2D eigenvalue weighted by atomic mass is 32.1. The van der Waals surface area contributed by atoms with Crippen molar-refractivity contribution in [2.24, 2.45) is 0 Å². The molecule has 16 aromatic rings. The van der Waals surface area contributed by atoms with E-state index in [2.05, 4.69) is 251 Å². The summed E-state index contributed by atoms with van der Waals surface area (Å²) in [5.74, 6) is 0. The first-order valence-electron chi connectivity index (χ1n) is 26.9. The van der Waals surface area contributed by atoms with E-state index < -0.39 is 0 Å². The first kappa shape index (κ1) is 47.9. The zero-order valence-corrected chi connectivity index (χ0v) is 45.5. The van der Waals surface area contributed by atoms with Crippen molar-refractivity contribution in [3.63, 3.8) is 0 Å². The fraction of sp³-hybridized carbons (Fsp3) is 0.0270. The van der Waals surface area contributed by atoms with Crippen LogP contribution in [0, 0.1) is 0 Å². The van der Waals surface area contributed by atoms with Crippen LogP contribution >= 0.6 is 22.7 Å². The fourth-order valence-corrected chi connectivity index (χ4v) is 14.1. The van der Waals surface area contributed by atoms with Crippen LogP contribution in [-0.2, 0) is 0 Å². The second-order valence-corrected chi connectivity index (χ2v) is 22.1. The van der Waals surface area contributed by atoms with E-state index in [-0.39, 0.29) is 0 Å². The first-order valence-corrected chi connectivity index (χ1v) is 28.5. The molecule has 0 saturated heterocycles. The number of para-hydroxylation sites is 5. The van der Waals surface area contributed by atoms with E-state index in [1.54, 1.807) is 0 Å². The summed E-state index contributed by atoms with van der Waals surface area (Å²) in [6, 6.07) is 89.0. The Morgan fingerprint density at radius 3 is 1.16 bits per heavy atom. The third-order valence-electron chi connectivity index (χ3n) is 15.5. The summed E-state index contributed by atoms with van der Waals surface area (Å²) in [7, 11) is 0. The minimum atomic E-state index is 1.17. The third-order valence-corrected chi connectivity index (χ3v) is 17.9. The molecule has 0 aliphatic rings. The Kier molecular flexibility index (Phi) is 12.2. The number of nitrogens with one attached hydrogen (secondary N) is 1. The third kappa shape index (κ3) is 8.25. The van der Waals surface area contributed by atoms with Gasteiger partial charge in [-0.25, -0.2) is 0 Å². The maximum absolute atomic E-state index is 3.73. The van der Waals surface area contributed by atoms with Gasteiger partial charge < -0.3 is 14.1 Å². The summed E-state index contributed by atoms with van der Waals surface area (Å²) in [5, 5.41) is 11.5. The van der Waals surface area contributed by atoms with Crippen LogP contribution in [0.25, 0.3) is 146 Å². The van der Waals surface area contributed by atoms with Crippen LogP contribution in [0.15, 0.2) is 268 Å². The van der Waals surface area contributed by atoms with Gasteiger partial charge in [-0.05, 0) is 132 Å². The van der Waals surface area contributed by atoms with Crippen LogP contribution in [0.4, 0.5) is 0 Å². The molecule has 0 saturated carbocycles. The number of hydrogen-bond donors (Lipinski definition) is 1. The van der Waals surface area contributed by atoms with Crippen LogP contribution in [0.5, 0.6) is 0 Å². The predicted molar refractivity (Wildman–Crippen MR) is 346 cm³/mol. The highest BCUT2D eigenvalue weighted by molar-refractivity contribution is 7.26. The van der Waals surface area contributed by atoms with Gasteiger partial charge in [-0.15, -0.1) is 22.7 Å². The minimum absolute atomic E-state index is 1.17. The SMILES string of the molecule is C/C=C\C.C=Cc1c[nH]c2ccccc12.c1cc(-c2cccc(-c3cccc4c3sc3ccc(-n5c6ccccc6c6ccccc65)cc34)c2)cc(-c2cccc3c2sc2ccc(-n4c5ccccc5c5ccccc54)cc23)c1. The second kappa shape index (κ2) is 20.1. The van der Waals surface area contributed by atoms with Gasteiger partial charge in [-0.1, -0.05) is 189 Å². The van der Waals surface area contributed by atoms with Crippen molar-refractivity contribution in [1.82, 2.24) is 14.1 Å². The molecule has 0 atom stereocenters. The lowest BCUT2D eigenvalue weighted by atomic mass is 9.95. The maximum atomic E-state index is 3.73. The smallest absolute Gasteiger partial charge is 0.0541 e. The molecule has 0 fully saturated rings. The number of aromatic nitrogens is 3. The van der Waals surface area contributed by atoms with E-state index in [4.69, 9.17) is 0 Å². The van der Waals surface area contributed by atoms with Crippen molar-refractivity contribution in [3.05, 3.63) is 273 Å². The van der Waals surface area contributed by atoms with E-state index in [1.807, 2.05) is 73.1 Å². The number of rotatable bonds is 6. The van der Waals surface area contributed by atoms with E-state index in [9.17, 15) is 0 Å². The molecular formula is C74H53N3S2. The molecule has 5 heteroatoms. The highest BCUT2D eigenvalue weighted by Gasteiger charge is 2.18. The lowest BCUT2D eigenvalue weighted by Crippen LogP contribution is -1.93. The summed E-state index contributed by atoms with van der Waals surface area (Å²) >= 11 is 3.78. The number of benzene rings is 11. The molecule has 0 bridgehead atoms. The average molecular weight is 1050 g/mol. The topological polar surface area (TPSA) is 25.6 Å². The van der Waals surface area contributed by atoms with Crippen LogP contribution in [0.2, 0.25) is 0 Å². The van der Waals surface area contributed by atoms with Gasteiger partial charge in [0.15, 0.2) is 0 Å². The molecule has 0 aliphatic heterocycles. The molecule has 0 radical (unpaired) electrons. The molecule has 3 nitrogen and oxygen atoms in total. The number of allylic oxidation sites excluding steroid dienone is 2.